The number of nitrogens with two attached hydrogens (primary N) is 3. The molecular formula is C30H43N7O7. The van der Waals surface area contributed by atoms with Gasteiger partial charge in [0.05, 0.1) is 6.04 Å². The van der Waals surface area contributed by atoms with Crippen LogP contribution in [-0.2, 0) is 32.0 Å². The maximum Gasteiger partial charge on any atom is 0.326 e. The number of hydrogen-bond donors (Lipinski definition) is 9. The molecule has 2 rings (SSSR count). The molecule has 14 heteroatoms. The van der Waals surface area contributed by atoms with Crippen molar-refractivity contribution >= 4 is 29.7 Å². The lowest BCUT2D eigenvalue weighted by atomic mass is 10.0. The molecule has 240 valence electrons. The molecule has 0 saturated heterocycles. The highest BCUT2D eigenvalue weighted by molar-refractivity contribution is 5.94. The monoisotopic (exact) mass is 613 g/mol. The summed E-state index contributed by atoms with van der Waals surface area (Å²) in [6.45, 7) is 3.98. The summed E-state index contributed by atoms with van der Waals surface area (Å²) in [6, 6.07) is 7.44. The molecule has 0 spiro atoms. The number of aliphatic carboxylic acids is 1. The SMILES string of the molecule is CC(C)CC(N)C(=O)NC(Cc1ccc(O)cc1)C(=O)NC(Cc1ccc(O)cc1)C(=O)NC(CCCN=C(N)N)C(=O)O. The van der Waals surface area contributed by atoms with Crippen LogP contribution in [0.15, 0.2) is 53.5 Å². The van der Waals surface area contributed by atoms with Gasteiger partial charge >= 0.3 is 5.97 Å². The van der Waals surface area contributed by atoms with E-state index in [4.69, 9.17) is 17.2 Å². The van der Waals surface area contributed by atoms with Crippen LogP contribution in [0, 0.1) is 5.92 Å². The smallest absolute Gasteiger partial charge is 0.326 e. The van der Waals surface area contributed by atoms with Gasteiger partial charge in [-0.15, -0.1) is 0 Å². The highest BCUT2D eigenvalue weighted by Gasteiger charge is 2.31. The number of aliphatic imine (C=N–C) groups is 1. The highest BCUT2D eigenvalue weighted by Crippen LogP contribution is 2.14. The summed E-state index contributed by atoms with van der Waals surface area (Å²) in [5.41, 5.74) is 17.9. The molecule has 0 fully saturated rings. The number of carboxylic acids is 1. The number of nitrogens with one attached hydrogen (secondary N) is 3. The van der Waals surface area contributed by atoms with Crippen molar-refractivity contribution in [3.63, 3.8) is 0 Å². The van der Waals surface area contributed by atoms with Crippen molar-refractivity contribution in [1.29, 1.82) is 0 Å². The average Bonchev–Trinajstić information content (AvgIpc) is 2.95. The first-order chi connectivity index (χ1) is 20.7. The maximum absolute atomic E-state index is 13.7. The molecule has 2 aromatic rings. The Morgan fingerprint density at radius 3 is 1.59 bits per heavy atom. The van der Waals surface area contributed by atoms with E-state index < -0.39 is 47.9 Å². The number of guanidine groups is 1. The third kappa shape index (κ3) is 12.6. The lowest BCUT2D eigenvalue weighted by Crippen LogP contribution is -2.58. The molecule has 0 aromatic heterocycles. The quantitative estimate of drug-likeness (QED) is 0.0647. The van der Waals surface area contributed by atoms with Crippen LogP contribution in [0.4, 0.5) is 0 Å². The highest BCUT2D eigenvalue weighted by atomic mass is 16.4. The van der Waals surface area contributed by atoms with Crippen molar-refractivity contribution < 1.29 is 34.5 Å². The van der Waals surface area contributed by atoms with Gasteiger partial charge in [0, 0.05) is 19.4 Å². The predicted molar refractivity (Wildman–Crippen MR) is 164 cm³/mol. The summed E-state index contributed by atoms with van der Waals surface area (Å²) in [7, 11) is 0. The van der Waals surface area contributed by atoms with Gasteiger partial charge in [-0.3, -0.25) is 19.4 Å². The number of carbonyl (C=O) groups is 4. The van der Waals surface area contributed by atoms with Crippen LogP contribution in [0.1, 0.15) is 44.2 Å². The molecule has 0 aliphatic carbocycles. The van der Waals surface area contributed by atoms with Crippen LogP contribution < -0.4 is 33.2 Å². The molecule has 0 radical (unpaired) electrons. The van der Waals surface area contributed by atoms with Gasteiger partial charge in [-0.05, 0) is 60.6 Å². The van der Waals surface area contributed by atoms with E-state index >= 15 is 0 Å². The average molecular weight is 614 g/mol. The first-order valence-electron chi connectivity index (χ1n) is 14.3. The fourth-order valence-electron chi connectivity index (χ4n) is 4.35. The number of aromatic hydroxyl groups is 2. The van der Waals surface area contributed by atoms with E-state index in [1.165, 1.54) is 24.3 Å². The molecular weight excluding hydrogens is 570 g/mol. The van der Waals surface area contributed by atoms with Gasteiger partial charge < -0.3 is 48.5 Å². The van der Waals surface area contributed by atoms with E-state index in [1.807, 2.05) is 13.8 Å². The van der Waals surface area contributed by atoms with Gasteiger partial charge in [0.15, 0.2) is 5.96 Å². The van der Waals surface area contributed by atoms with Crippen LogP contribution in [0.5, 0.6) is 11.5 Å². The third-order valence-corrected chi connectivity index (χ3v) is 6.64. The number of hydrogen-bond acceptors (Lipinski definition) is 8. The van der Waals surface area contributed by atoms with Crippen LogP contribution in [0.3, 0.4) is 0 Å². The fraction of sp³-hybridized carbons (Fsp3) is 0.433. The predicted octanol–water partition coefficient (Wildman–Crippen LogP) is -0.151. The van der Waals surface area contributed by atoms with Crippen LogP contribution in [-0.4, -0.2) is 75.7 Å². The Morgan fingerprint density at radius 2 is 1.18 bits per heavy atom. The second-order valence-electron chi connectivity index (χ2n) is 10.9. The van der Waals surface area contributed by atoms with Gasteiger partial charge in [0.2, 0.25) is 17.7 Å². The summed E-state index contributed by atoms with van der Waals surface area (Å²) in [5, 5.41) is 36.8. The molecule has 0 aliphatic heterocycles. The van der Waals surface area contributed by atoms with Crippen LogP contribution >= 0.6 is 0 Å². The molecule has 4 atom stereocenters. The second kappa shape index (κ2) is 17.3. The van der Waals surface area contributed by atoms with Crippen molar-refractivity contribution in [1.82, 2.24) is 16.0 Å². The number of amides is 3. The normalized spacial score (nSPS) is 13.6. The first-order valence-corrected chi connectivity index (χ1v) is 14.3. The Labute approximate surface area is 256 Å². The zero-order valence-corrected chi connectivity index (χ0v) is 24.9. The summed E-state index contributed by atoms with van der Waals surface area (Å²) in [6.07, 6.45) is 0.630. The van der Waals surface area contributed by atoms with E-state index in [-0.39, 0.29) is 55.6 Å². The minimum atomic E-state index is -1.29. The van der Waals surface area contributed by atoms with E-state index in [0.717, 1.165) is 0 Å². The van der Waals surface area contributed by atoms with Gasteiger partial charge in [-0.1, -0.05) is 38.1 Å². The standard InChI is InChI=1S/C30H43N7O7/c1-17(2)14-22(31)26(40)36-24(15-18-5-9-20(38)10-6-18)28(42)37-25(16-19-7-11-21(39)12-8-19)27(41)35-23(29(43)44)4-3-13-34-30(32)33/h5-12,17,22-25,38-39H,3-4,13-16,31H2,1-2H3,(H,35,41)(H,36,40)(H,37,42)(H,43,44)(H4,32,33,34). The molecule has 3 amide bonds. The Morgan fingerprint density at radius 1 is 0.750 bits per heavy atom. The Balaban J connectivity index is 2.32. The van der Waals surface area contributed by atoms with Crippen molar-refractivity contribution in [3.05, 3.63) is 59.7 Å². The number of carboxylic acid groups (broad SMARTS) is 1. The van der Waals surface area contributed by atoms with Crippen LogP contribution in [0.2, 0.25) is 0 Å². The summed E-state index contributed by atoms with van der Waals surface area (Å²) in [5.74, 6) is -3.31. The Bertz CT molecular complexity index is 1280. The second-order valence-corrected chi connectivity index (χ2v) is 10.9. The molecule has 12 N–H and O–H groups in total. The van der Waals surface area contributed by atoms with E-state index in [1.54, 1.807) is 24.3 Å². The summed E-state index contributed by atoms with van der Waals surface area (Å²) in [4.78, 5) is 55.7. The van der Waals surface area contributed by atoms with E-state index in [0.29, 0.717) is 17.5 Å². The van der Waals surface area contributed by atoms with Crippen molar-refractivity contribution in [2.75, 3.05) is 6.54 Å². The van der Waals surface area contributed by atoms with E-state index in [2.05, 4.69) is 20.9 Å². The first kappa shape index (κ1) is 35.3. The largest absolute Gasteiger partial charge is 0.508 e. The number of phenolic OH excluding ortho intramolecular Hbond substituents is 2. The minimum absolute atomic E-state index is 0.0000796. The maximum atomic E-state index is 13.7. The number of rotatable bonds is 17. The molecule has 0 bridgehead atoms. The molecule has 0 heterocycles. The van der Waals surface area contributed by atoms with E-state index in [9.17, 15) is 34.5 Å². The molecule has 0 saturated carbocycles. The van der Waals surface area contributed by atoms with Crippen molar-refractivity contribution in [2.45, 2.75) is 70.1 Å². The Kier molecular flexibility index (Phi) is 13.9. The van der Waals surface area contributed by atoms with Gasteiger partial charge in [-0.25, -0.2) is 4.79 Å². The summed E-state index contributed by atoms with van der Waals surface area (Å²) >= 11 is 0. The Hall–Kier alpha value is -4.85. The van der Waals surface area contributed by atoms with Gasteiger partial charge in [0.25, 0.3) is 0 Å². The molecule has 2 aromatic carbocycles. The topological polar surface area (TPSA) is 255 Å². The number of nitrogens with zero attached hydrogens (tertiary/aromatic N) is 1. The molecule has 0 aliphatic rings. The van der Waals surface area contributed by atoms with Crippen molar-refractivity contribution in [3.8, 4) is 11.5 Å². The third-order valence-electron chi connectivity index (χ3n) is 6.64. The fourth-order valence-corrected chi connectivity index (χ4v) is 4.35. The van der Waals surface area contributed by atoms with Gasteiger partial charge in [-0.2, -0.15) is 0 Å². The lowest BCUT2D eigenvalue weighted by Gasteiger charge is -2.26. The minimum Gasteiger partial charge on any atom is -0.508 e. The number of phenols is 2. The zero-order valence-electron chi connectivity index (χ0n) is 24.9. The zero-order chi connectivity index (χ0) is 32.8. The van der Waals surface area contributed by atoms with Crippen LogP contribution in [0.25, 0.3) is 0 Å². The van der Waals surface area contributed by atoms with Crippen molar-refractivity contribution in [2.24, 2.45) is 28.1 Å². The number of benzene rings is 2. The molecule has 14 nitrogen and oxygen atoms in total. The lowest BCUT2D eigenvalue weighted by molar-refractivity contribution is -0.142. The number of carbonyl (C=O) groups excluding carboxylic acids is 3. The van der Waals surface area contributed by atoms with Gasteiger partial charge in [0.1, 0.15) is 29.6 Å². The molecule has 44 heavy (non-hydrogen) atoms. The summed E-state index contributed by atoms with van der Waals surface area (Å²) < 4.78 is 0. The molecule has 4 unspecified atom stereocenters.